The van der Waals surface area contributed by atoms with Gasteiger partial charge in [0, 0.05) is 11.8 Å². The van der Waals surface area contributed by atoms with Gasteiger partial charge in [-0.3, -0.25) is 0 Å². The third kappa shape index (κ3) is 2.04. The summed E-state index contributed by atoms with van der Waals surface area (Å²) in [5.74, 6) is 8.00. The van der Waals surface area contributed by atoms with Gasteiger partial charge in [0.2, 0.25) is 0 Å². The Labute approximate surface area is 93.7 Å². The van der Waals surface area contributed by atoms with Crippen LogP contribution in [0, 0.1) is 6.92 Å². The van der Waals surface area contributed by atoms with E-state index in [1.54, 1.807) is 0 Å². The van der Waals surface area contributed by atoms with Crippen LogP contribution in [0.15, 0.2) is 22.6 Å². The summed E-state index contributed by atoms with van der Waals surface area (Å²) in [5, 5.41) is 0. The van der Waals surface area contributed by atoms with Crippen LogP contribution in [0.2, 0.25) is 0 Å². The molecule has 5 nitrogen and oxygen atoms in total. The minimum atomic E-state index is 0.556. The Morgan fingerprint density at radius 3 is 2.75 bits per heavy atom. The van der Waals surface area contributed by atoms with E-state index in [1.807, 2.05) is 32.0 Å². The van der Waals surface area contributed by atoms with Crippen LogP contribution >= 0.6 is 0 Å². The molecule has 0 radical (unpaired) electrons. The van der Waals surface area contributed by atoms with Crippen molar-refractivity contribution in [1.29, 1.82) is 0 Å². The molecule has 0 bridgehead atoms. The van der Waals surface area contributed by atoms with Gasteiger partial charge < -0.3 is 9.84 Å². The lowest BCUT2D eigenvalue weighted by atomic mass is 10.3. The number of furan rings is 1. The molecule has 84 valence electrons. The maximum atomic E-state index is 5.47. The Bertz CT molecular complexity index is 470. The lowest BCUT2D eigenvalue weighted by molar-refractivity contribution is 0.544. The largest absolute Gasteiger partial charge is 0.458 e. The monoisotopic (exact) mass is 218 g/mol. The Morgan fingerprint density at radius 2 is 2.19 bits per heavy atom. The summed E-state index contributed by atoms with van der Waals surface area (Å²) in [6.45, 7) is 3.91. The summed E-state index contributed by atoms with van der Waals surface area (Å²) in [6.07, 6.45) is 0.823. The number of rotatable bonds is 3. The highest BCUT2D eigenvalue weighted by Gasteiger charge is 2.08. The summed E-state index contributed by atoms with van der Waals surface area (Å²) < 4.78 is 5.47. The number of aromatic nitrogens is 2. The number of hydrogen-bond donors (Lipinski definition) is 2. The number of nitrogens with two attached hydrogens (primary N) is 1. The van der Waals surface area contributed by atoms with E-state index in [4.69, 9.17) is 10.3 Å². The van der Waals surface area contributed by atoms with Crippen molar-refractivity contribution in [3.8, 4) is 11.6 Å². The lowest BCUT2D eigenvalue weighted by Crippen LogP contribution is -2.10. The van der Waals surface area contributed by atoms with Crippen LogP contribution in [-0.2, 0) is 6.42 Å². The minimum Gasteiger partial charge on any atom is -0.458 e. The number of aryl methyl sites for hydroxylation is 2. The maximum Gasteiger partial charge on any atom is 0.197 e. The number of nitrogens with zero attached hydrogens (tertiary/aromatic N) is 2. The van der Waals surface area contributed by atoms with Crippen LogP contribution < -0.4 is 11.3 Å². The van der Waals surface area contributed by atoms with E-state index >= 15 is 0 Å². The van der Waals surface area contributed by atoms with Crippen molar-refractivity contribution in [1.82, 2.24) is 9.97 Å². The highest BCUT2D eigenvalue weighted by atomic mass is 16.3. The Hall–Kier alpha value is -1.88. The van der Waals surface area contributed by atoms with Crippen molar-refractivity contribution in [2.75, 3.05) is 5.43 Å². The van der Waals surface area contributed by atoms with E-state index in [2.05, 4.69) is 15.4 Å². The van der Waals surface area contributed by atoms with E-state index in [9.17, 15) is 0 Å². The molecule has 0 aliphatic rings. The van der Waals surface area contributed by atoms with Crippen LogP contribution in [0.1, 0.15) is 18.4 Å². The molecule has 2 aromatic rings. The summed E-state index contributed by atoms with van der Waals surface area (Å²) in [5.41, 5.74) is 3.45. The van der Waals surface area contributed by atoms with Gasteiger partial charge in [-0.2, -0.15) is 0 Å². The molecular formula is C11H14N4O. The number of nitrogens with one attached hydrogen (secondary N) is 1. The highest BCUT2D eigenvalue weighted by Crippen LogP contribution is 2.20. The van der Waals surface area contributed by atoms with Crippen LogP contribution in [-0.4, -0.2) is 9.97 Å². The maximum absolute atomic E-state index is 5.47. The van der Waals surface area contributed by atoms with E-state index in [1.165, 1.54) is 0 Å². The Balaban J connectivity index is 2.47. The zero-order valence-corrected chi connectivity index (χ0v) is 9.32. The van der Waals surface area contributed by atoms with Gasteiger partial charge in [-0.05, 0) is 25.5 Å². The molecule has 0 unspecified atom stereocenters. The topological polar surface area (TPSA) is 77.0 Å². The molecule has 0 atom stereocenters. The molecule has 16 heavy (non-hydrogen) atoms. The lowest BCUT2D eigenvalue weighted by Gasteiger charge is -2.04. The normalized spacial score (nSPS) is 10.4. The van der Waals surface area contributed by atoms with Gasteiger partial charge in [0.25, 0.3) is 0 Å². The summed E-state index contributed by atoms with van der Waals surface area (Å²) in [6, 6.07) is 5.55. The zero-order chi connectivity index (χ0) is 11.5. The minimum absolute atomic E-state index is 0.556. The molecule has 0 aromatic carbocycles. The molecule has 0 saturated carbocycles. The van der Waals surface area contributed by atoms with Gasteiger partial charge in [-0.25, -0.2) is 15.8 Å². The van der Waals surface area contributed by atoms with Crippen LogP contribution in [0.3, 0.4) is 0 Å². The first kappa shape index (κ1) is 10.6. The van der Waals surface area contributed by atoms with Gasteiger partial charge >= 0.3 is 0 Å². The first-order valence-corrected chi connectivity index (χ1v) is 5.14. The molecule has 5 heteroatoms. The summed E-state index contributed by atoms with van der Waals surface area (Å²) in [7, 11) is 0. The molecule has 2 heterocycles. The smallest absolute Gasteiger partial charge is 0.197 e. The van der Waals surface area contributed by atoms with Crippen LogP contribution in [0.5, 0.6) is 0 Å². The Kier molecular flexibility index (Phi) is 2.87. The first-order valence-electron chi connectivity index (χ1n) is 5.14. The van der Waals surface area contributed by atoms with Crippen molar-refractivity contribution >= 4 is 5.82 Å². The molecule has 0 aliphatic heterocycles. The van der Waals surface area contributed by atoms with E-state index in [-0.39, 0.29) is 0 Å². The second-order valence-corrected chi connectivity index (χ2v) is 3.48. The van der Waals surface area contributed by atoms with E-state index < -0.39 is 0 Å². The fourth-order valence-corrected chi connectivity index (χ4v) is 1.42. The van der Waals surface area contributed by atoms with Crippen LogP contribution in [0.25, 0.3) is 11.6 Å². The first-order chi connectivity index (χ1) is 7.72. The number of hydrazine groups is 1. The third-order valence-corrected chi connectivity index (χ3v) is 2.25. The van der Waals surface area contributed by atoms with Crippen molar-refractivity contribution in [3.05, 3.63) is 29.7 Å². The molecule has 0 fully saturated rings. The van der Waals surface area contributed by atoms with Gasteiger partial charge in [0.15, 0.2) is 11.6 Å². The second-order valence-electron chi connectivity index (χ2n) is 3.48. The molecular weight excluding hydrogens is 204 g/mol. The molecule has 2 rings (SSSR count). The van der Waals surface area contributed by atoms with Crippen LogP contribution in [0.4, 0.5) is 5.82 Å². The van der Waals surface area contributed by atoms with Gasteiger partial charge in [-0.1, -0.05) is 6.92 Å². The molecule has 0 amide bonds. The second kappa shape index (κ2) is 4.32. The Morgan fingerprint density at radius 1 is 1.38 bits per heavy atom. The van der Waals surface area contributed by atoms with Crippen molar-refractivity contribution in [3.63, 3.8) is 0 Å². The molecule has 2 aromatic heterocycles. The molecule has 0 saturated heterocycles. The number of anilines is 1. The number of nitrogen functional groups attached to an aromatic ring is 1. The molecule has 0 spiro atoms. The standard InChI is InChI=1S/C11H14N4O/c1-3-8-6-10(15-12)14-11(13-8)9-5-4-7(2)16-9/h4-6H,3,12H2,1-2H3,(H,13,14,15). The van der Waals surface area contributed by atoms with Gasteiger partial charge in [-0.15, -0.1) is 0 Å². The van der Waals surface area contributed by atoms with Gasteiger partial charge in [0.1, 0.15) is 11.6 Å². The van der Waals surface area contributed by atoms with E-state index in [0.717, 1.165) is 17.9 Å². The van der Waals surface area contributed by atoms with Gasteiger partial charge in [0.05, 0.1) is 0 Å². The summed E-state index contributed by atoms with van der Waals surface area (Å²) in [4.78, 5) is 8.63. The predicted molar refractivity (Wildman–Crippen MR) is 61.7 cm³/mol. The van der Waals surface area contributed by atoms with Crippen molar-refractivity contribution < 1.29 is 4.42 Å². The predicted octanol–water partition coefficient (Wildman–Crippen LogP) is 1.89. The SMILES string of the molecule is CCc1cc(NN)nc(-c2ccc(C)o2)n1. The summed E-state index contributed by atoms with van der Waals surface area (Å²) >= 11 is 0. The van der Waals surface area contributed by atoms with Crippen molar-refractivity contribution in [2.24, 2.45) is 5.84 Å². The molecule has 0 aliphatic carbocycles. The van der Waals surface area contributed by atoms with Crippen molar-refractivity contribution in [2.45, 2.75) is 20.3 Å². The number of hydrogen-bond acceptors (Lipinski definition) is 5. The fourth-order valence-electron chi connectivity index (χ4n) is 1.42. The third-order valence-electron chi connectivity index (χ3n) is 2.25. The highest BCUT2D eigenvalue weighted by molar-refractivity contribution is 5.51. The zero-order valence-electron chi connectivity index (χ0n) is 9.32. The molecule has 3 N–H and O–H groups in total. The van der Waals surface area contributed by atoms with E-state index in [0.29, 0.717) is 17.4 Å². The quantitative estimate of drug-likeness (QED) is 0.607. The average Bonchev–Trinajstić information content (AvgIpc) is 2.75. The fraction of sp³-hybridized carbons (Fsp3) is 0.273. The average molecular weight is 218 g/mol.